The molecule has 0 bridgehead atoms. The zero-order chi connectivity index (χ0) is 17.8. The van der Waals surface area contributed by atoms with Crippen LogP contribution in [0.2, 0.25) is 0 Å². The summed E-state index contributed by atoms with van der Waals surface area (Å²) in [6, 6.07) is 0. The minimum Gasteiger partial charge on any atom is -0.370 e. The number of aromatic nitrogens is 3. The van der Waals surface area contributed by atoms with Crippen LogP contribution in [-0.2, 0) is 24.2 Å². The van der Waals surface area contributed by atoms with Crippen LogP contribution in [0.3, 0.4) is 0 Å². The summed E-state index contributed by atoms with van der Waals surface area (Å²) in [6.07, 6.45) is 5.63. The average molecular weight is 374 g/mol. The Hall–Kier alpha value is -1.24. The first-order valence-electron chi connectivity index (χ1n) is 8.65. The third-order valence-electron chi connectivity index (χ3n) is 4.68. The van der Waals surface area contributed by atoms with Crippen molar-refractivity contribution in [3.8, 4) is 0 Å². The van der Waals surface area contributed by atoms with Crippen molar-refractivity contribution in [3.63, 3.8) is 0 Å². The van der Waals surface area contributed by atoms with E-state index in [2.05, 4.69) is 43.9 Å². The molecular formula is C19H23N3OS2. The van der Waals surface area contributed by atoms with E-state index < -0.39 is 0 Å². The second-order valence-electron chi connectivity index (χ2n) is 7.68. The molecule has 0 saturated carbocycles. The summed E-state index contributed by atoms with van der Waals surface area (Å²) < 4.78 is 7.28. The minimum absolute atomic E-state index is 0.153. The molecule has 4 nitrogen and oxygen atoms in total. The molecular weight excluding hydrogens is 350 g/mol. The van der Waals surface area contributed by atoms with Crippen LogP contribution >= 0.6 is 23.1 Å². The fourth-order valence-corrected chi connectivity index (χ4v) is 5.43. The van der Waals surface area contributed by atoms with E-state index in [0.717, 1.165) is 32.9 Å². The van der Waals surface area contributed by atoms with Crippen LogP contribution in [0.15, 0.2) is 11.4 Å². The number of hydrogen-bond donors (Lipinski definition) is 0. The van der Waals surface area contributed by atoms with Gasteiger partial charge in [-0.1, -0.05) is 13.8 Å². The van der Waals surface area contributed by atoms with E-state index in [4.69, 9.17) is 9.72 Å². The third kappa shape index (κ3) is 2.94. The summed E-state index contributed by atoms with van der Waals surface area (Å²) in [5, 5.41) is 2.26. The van der Waals surface area contributed by atoms with Gasteiger partial charge < -0.3 is 4.74 Å². The Labute approximate surface area is 156 Å². The Kier molecular flexibility index (Phi) is 4.25. The fraction of sp³-hybridized carbons (Fsp3) is 0.526. The molecule has 1 aliphatic rings. The quantitative estimate of drug-likeness (QED) is 0.477. The predicted molar refractivity (Wildman–Crippen MR) is 106 cm³/mol. The van der Waals surface area contributed by atoms with Gasteiger partial charge in [-0.3, -0.25) is 0 Å². The summed E-state index contributed by atoms with van der Waals surface area (Å²) in [6.45, 7) is 9.47. The molecule has 0 amide bonds. The Bertz CT molecular complexity index is 962. The highest BCUT2D eigenvalue weighted by Crippen LogP contribution is 2.42. The van der Waals surface area contributed by atoms with Crippen molar-refractivity contribution in [1.29, 1.82) is 0 Å². The molecule has 0 saturated heterocycles. The number of rotatable bonds is 3. The van der Waals surface area contributed by atoms with Crippen molar-refractivity contribution in [1.82, 2.24) is 15.0 Å². The van der Waals surface area contributed by atoms with Gasteiger partial charge in [0.2, 0.25) is 0 Å². The van der Waals surface area contributed by atoms with E-state index >= 15 is 0 Å². The first-order valence-corrected chi connectivity index (χ1v) is 10.7. The lowest BCUT2D eigenvalue weighted by Crippen LogP contribution is -2.33. The maximum Gasteiger partial charge on any atom is 0.126 e. The molecule has 0 aliphatic carbocycles. The first-order chi connectivity index (χ1) is 11.9. The van der Waals surface area contributed by atoms with Gasteiger partial charge in [0.1, 0.15) is 16.2 Å². The van der Waals surface area contributed by atoms with Crippen molar-refractivity contribution >= 4 is 43.5 Å². The Morgan fingerprint density at radius 1 is 1.28 bits per heavy atom. The lowest BCUT2D eigenvalue weighted by molar-refractivity contribution is -0.0402. The molecule has 0 fully saturated rings. The Morgan fingerprint density at radius 2 is 2.08 bits per heavy atom. The lowest BCUT2D eigenvalue weighted by atomic mass is 9.88. The van der Waals surface area contributed by atoms with Crippen molar-refractivity contribution in [2.45, 2.75) is 57.8 Å². The smallest absolute Gasteiger partial charge is 0.126 e. The molecule has 0 radical (unpaired) electrons. The zero-order valence-electron chi connectivity index (χ0n) is 15.3. The van der Waals surface area contributed by atoms with Gasteiger partial charge in [0.25, 0.3) is 0 Å². The van der Waals surface area contributed by atoms with E-state index in [0.29, 0.717) is 12.5 Å². The zero-order valence-corrected chi connectivity index (χ0v) is 17.0. The van der Waals surface area contributed by atoms with Crippen molar-refractivity contribution < 1.29 is 4.74 Å². The molecule has 3 aromatic rings. The van der Waals surface area contributed by atoms with Crippen LogP contribution in [0, 0.1) is 5.92 Å². The van der Waals surface area contributed by atoms with Crippen LogP contribution in [0.1, 0.15) is 44.5 Å². The van der Waals surface area contributed by atoms with Gasteiger partial charge in [0.15, 0.2) is 0 Å². The average Bonchev–Trinajstić information content (AvgIpc) is 2.91. The van der Waals surface area contributed by atoms with Crippen LogP contribution in [-0.4, -0.2) is 26.8 Å². The van der Waals surface area contributed by atoms with Gasteiger partial charge in [0, 0.05) is 23.1 Å². The third-order valence-corrected chi connectivity index (χ3v) is 6.58. The Balaban J connectivity index is 2.07. The number of pyridine rings is 1. The second kappa shape index (κ2) is 6.18. The number of nitrogens with zero attached hydrogens (tertiary/aromatic N) is 3. The van der Waals surface area contributed by atoms with Gasteiger partial charge in [-0.25, -0.2) is 15.0 Å². The predicted octanol–water partition coefficient (Wildman–Crippen LogP) is 5.01. The van der Waals surface area contributed by atoms with Crippen LogP contribution in [0.25, 0.3) is 20.4 Å². The summed E-state index contributed by atoms with van der Waals surface area (Å²) >= 11 is 3.40. The summed E-state index contributed by atoms with van der Waals surface area (Å²) in [7, 11) is 0. The monoisotopic (exact) mass is 373 g/mol. The van der Waals surface area contributed by atoms with Crippen LogP contribution in [0.4, 0.5) is 0 Å². The summed E-state index contributed by atoms with van der Waals surface area (Å²) in [5.74, 6) is 0.569. The first kappa shape index (κ1) is 17.2. The second-order valence-corrected chi connectivity index (χ2v) is 9.48. The number of ether oxygens (including phenoxy) is 1. The van der Waals surface area contributed by atoms with Crippen LogP contribution < -0.4 is 0 Å². The van der Waals surface area contributed by atoms with Gasteiger partial charge in [-0.05, 0) is 38.0 Å². The minimum atomic E-state index is -0.153. The highest BCUT2D eigenvalue weighted by molar-refractivity contribution is 7.98. The molecule has 25 heavy (non-hydrogen) atoms. The van der Waals surface area contributed by atoms with E-state index in [1.807, 2.05) is 0 Å². The molecule has 0 unspecified atom stereocenters. The summed E-state index contributed by atoms with van der Waals surface area (Å²) in [4.78, 5) is 15.2. The molecule has 0 atom stereocenters. The van der Waals surface area contributed by atoms with Crippen molar-refractivity contribution in [3.05, 3.63) is 23.1 Å². The van der Waals surface area contributed by atoms with Gasteiger partial charge in [-0.15, -0.1) is 23.1 Å². The van der Waals surface area contributed by atoms with E-state index in [-0.39, 0.29) is 5.60 Å². The number of thiophene rings is 1. The SMILES string of the molecule is CSc1ncnc2c1sc1nc(CC(C)C)c3c(c12)CC(C)(C)OC3. The lowest BCUT2D eigenvalue weighted by Gasteiger charge is -2.33. The molecule has 0 spiro atoms. The molecule has 0 N–H and O–H groups in total. The number of hydrogen-bond acceptors (Lipinski definition) is 6. The van der Waals surface area contributed by atoms with Crippen molar-refractivity contribution in [2.24, 2.45) is 5.92 Å². The molecule has 6 heteroatoms. The summed E-state index contributed by atoms with van der Waals surface area (Å²) in [5.41, 5.74) is 4.76. The van der Waals surface area contributed by atoms with Gasteiger partial charge in [0.05, 0.1) is 22.4 Å². The van der Waals surface area contributed by atoms with Crippen molar-refractivity contribution in [2.75, 3.05) is 6.26 Å². The Morgan fingerprint density at radius 3 is 2.80 bits per heavy atom. The largest absolute Gasteiger partial charge is 0.370 e. The highest BCUT2D eigenvalue weighted by Gasteiger charge is 2.31. The molecule has 1 aliphatic heterocycles. The highest BCUT2D eigenvalue weighted by atomic mass is 32.2. The normalized spacial score (nSPS) is 16.7. The standard InChI is InChI=1S/C19H23N3OS2/c1-10(2)6-13-12-8-23-19(3,4)7-11(12)14-15-16(25-17(14)22-13)18(24-5)21-9-20-15/h9-10H,6-8H2,1-5H3. The van der Waals surface area contributed by atoms with E-state index in [9.17, 15) is 0 Å². The molecule has 4 rings (SSSR count). The topological polar surface area (TPSA) is 47.9 Å². The van der Waals surface area contributed by atoms with Gasteiger partial charge >= 0.3 is 0 Å². The maximum absolute atomic E-state index is 6.12. The number of fused-ring (bicyclic) bond motifs is 5. The van der Waals surface area contributed by atoms with Crippen LogP contribution in [0.5, 0.6) is 0 Å². The molecule has 4 heterocycles. The molecule has 3 aromatic heterocycles. The number of thioether (sulfide) groups is 1. The molecule has 132 valence electrons. The fourth-order valence-electron chi connectivity index (χ4n) is 3.55. The maximum atomic E-state index is 6.12. The molecule has 0 aromatic carbocycles. The van der Waals surface area contributed by atoms with Gasteiger partial charge in [-0.2, -0.15) is 0 Å². The van der Waals surface area contributed by atoms with E-state index in [1.165, 1.54) is 22.2 Å². The van der Waals surface area contributed by atoms with E-state index in [1.54, 1.807) is 29.4 Å².